The molecule has 1 aliphatic carbocycles. The molecule has 0 amide bonds. The van der Waals surface area contributed by atoms with Crippen molar-refractivity contribution < 1.29 is 4.74 Å². The summed E-state index contributed by atoms with van der Waals surface area (Å²) in [6.45, 7) is 1.11. The SMILES string of the molecule is c1ccc2c(c1)CCNC2CC1CCC2(CCCCC2)O1. The van der Waals surface area contributed by atoms with Crippen molar-refractivity contribution in [3.05, 3.63) is 35.4 Å². The van der Waals surface area contributed by atoms with E-state index in [4.69, 9.17) is 4.74 Å². The van der Waals surface area contributed by atoms with Crippen LogP contribution >= 0.6 is 0 Å². The number of benzene rings is 1. The first-order chi connectivity index (χ1) is 10.3. The molecule has 1 saturated heterocycles. The van der Waals surface area contributed by atoms with Crippen LogP contribution < -0.4 is 5.32 Å². The molecule has 2 fully saturated rings. The van der Waals surface area contributed by atoms with E-state index in [-0.39, 0.29) is 5.60 Å². The van der Waals surface area contributed by atoms with E-state index in [0.717, 1.165) is 13.0 Å². The summed E-state index contributed by atoms with van der Waals surface area (Å²) in [5, 5.41) is 3.71. The third-order valence-corrected chi connectivity index (χ3v) is 5.82. The normalized spacial score (nSPS) is 31.2. The second-order valence-electron chi connectivity index (χ2n) is 7.21. The first-order valence-corrected chi connectivity index (χ1v) is 8.84. The van der Waals surface area contributed by atoms with Crippen LogP contribution in [0.15, 0.2) is 24.3 Å². The third-order valence-electron chi connectivity index (χ3n) is 5.82. The highest BCUT2D eigenvalue weighted by Gasteiger charge is 2.41. The summed E-state index contributed by atoms with van der Waals surface area (Å²) < 4.78 is 6.57. The Morgan fingerprint density at radius 1 is 1.10 bits per heavy atom. The van der Waals surface area contributed by atoms with Gasteiger partial charge < -0.3 is 10.1 Å². The topological polar surface area (TPSA) is 21.3 Å². The molecule has 3 aliphatic rings. The molecular weight excluding hydrogens is 258 g/mol. The molecule has 1 N–H and O–H groups in total. The van der Waals surface area contributed by atoms with E-state index in [1.807, 2.05) is 0 Å². The highest BCUT2D eigenvalue weighted by atomic mass is 16.5. The lowest BCUT2D eigenvalue weighted by molar-refractivity contribution is -0.0682. The van der Waals surface area contributed by atoms with Crippen LogP contribution in [0.5, 0.6) is 0 Å². The summed E-state index contributed by atoms with van der Waals surface area (Å²) in [5.41, 5.74) is 3.31. The molecule has 2 aliphatic heterocycles. The number of ether oxygens (including phenoxy) is 1. The van der Waals surface area contributed by atoms with E-state index in [2.05, 4.69) is 29.6 Å². The van der Waals surface area contributed by atoms with E-state index in [1.54, 1.807) is 0 Å². The number of nitrogens with one attached hydrogen (secondary N) is 1. The Hall–Kier alpha value is -0.860. The molecule has 2 unspecified atom stereocenters. The zero-order chi connectivity index (χ0) is 14.1. The lowest BCUT2D eigenvalue weighted by atomic mass is 9.83. The van der Waals surface area contributed by atoms with Crippen molar-refractivity contribution in [1.82, 2.24) is 5.32 Å². The van der Waals surface area contributed by atoms with Gasteiger partial charge in [0.15, 0.2) is 0 Å². The Labute approximate surface area is 128 Å². The molecule has 1 spiro atoms. The summed E-state index contributed by atoms with van der Waals surface area (Å²) in [6.07, 6.45) is 12.1. The van der Waals surface area contributed by atoms with Gasteiger partial charge in [-0.2, -0.15) is 0 Å². The molecule has 1 aromatic rings. The van der Waals surface area contributed by atoms with Gasteiger partial charge in [-0.05, 0) is 56.2 Å². The van der Waals surface area contributed by atoms with Gasteiger partial charge in [-0.15, -0.1) is 0 Å². The van der Waals surface area contributed by atoms with Gasteiger partial charge in [-0.25, -0.2) is 0 Å². The zero-order valence-electron chi connectivity index (χ0n) is 12.9. The van der Waals surface area contributed by atoms with Crippen LogP contribution in [0.2, 0.25) is 0 Å². The van der Waals surface area contributed by atoms with Crippen molar-refractivity contribution in [3.63, 3.8) is 0 Å². The Bertz CT molecular complexity index is 492. The summed E-state index contributed by atoms with van der Waals surface area (Å²) in [4.78, 5) is 0. The van der Waals surface area contributed by atoms with Crippen LogP contribution in [0.1, 0.15) is 68.5 Å². The van der Waals surface area contributed by atoms with E-state index in [0.29, 0.717) is 12.1 Å². The van der Waals surface area contributed by atoms with Crippen molar-refractivity contribution in [2.45, 2.75) is 75.5 Å². The predicted molar refractivity (Wildman–Crippen MR) is 85.4 cm³/mol. The highest BCUT2D eigenvalue weighted by molar-refractivity contribution is 5.32. The van der Waals surface area contributed by atoms with Crippen molar-refractivity contribution in [2.24, 2.45) is 0 Å². The molecule has 0 radical (unpaired) electrons. The van der Waals surface area contributed by atoms with E-state index >= 15 is 0 Å². The van der Waals surface area contributed by atoms with Gasteiger partial charge in [0.05, 0.1) is 11.7 Å². The molecule has 0 aromatic heterocycles. The van der Waals surface area contributed by atoms with Gasteiger partial charge in [0.2, 0.25) is 0 Å². The maximum Gasteiger partial charge on any atom is 0.0687 e. The van der Waals surface area contributed by atoms with Crippen molar-refractivity contribution >= 4 is 0 Å². The molecular formula is C19H27NO. The quantitative estimate of drug-likeness (QED) is 0.881. The molecule has 0 bridgehead atoms. The van der Waals surface area contributed by atoms with E-state index in [9.17, 15) is 0 Å². The zero-order valence-corrected chi connectivity index (χ0v) is 12.9. The second kappa shape index (κ2) is 5.73. The highest BCUT2D eigenvalue weighted by Crippen LogP contribution is 2.44. The van der Waals surface area contributed by atoms with Crippen LogP contribution in [-0.2, 0) is 11.2 Å². The minimum absolute atomic E-state index is 0.261. The van der Waals surface area contributed by atoms with Crippen molar-refractivity contribution in [3.8, 4) is 0 Å². The van der Waals surface area contributed by atoms with Crippen molar-refractivity contribution in [2.75, 3.05) is 6.54 Å². The summed E-state index contributed by atoms with van der Waals surface area (Å²) in [7, 11) is 0. The minimum atomic E-state index is 0.261. The molecule has 2 atom stereocenters. The molecule has 2 heteroatoms. The fourth-order valence-electron chi connectivity index (χ4n) is 4.69. The lowest BCUT2D eigenvalue weighted by Gasteiger charge is -2.34. The second-order valence-corrected chi connectivity index (χ2v) is 7.21. The maximum atomic E-state index is 6.57. The van der Waals surface area contributed by atoms with Crippen molar-refractivity contribution in [1.29, 1.82) is 0 Å². The summed E-state index contributed by atoms with van der Waals surface area (Å²) >= 11 is 0. The molecule has 2 heterocycles. The average Bonchev–Trinajstić information content (AvgIpc) is 2.91. The Kier molecular flexibility index (Phi) is 3.76. The molecule has 21 heavy (non-hydrogen) atoms. The molecule has 1 saturated carbocycles. The van der Waals surface area contributed by atoms with Crippen LogP contribution in [0.4, 0.5) is 0 Å². The average molecular weight is 285 g/mol. The number of rotatable bonds is 2. The van der Waals surface area contributed by atoms with Crippen LogP contribution in [-0.4, -0.2) is 18.2 Å². The molecule has 1 aromatic carbocycles. The van der Waals surface area contributed by atoms with Gasteiger partial charge in [0.25, 0.3) is 0 Å². The largest absolute Gasteiger partial charge is 0.372 e. The number of hydrogen-bond acceptors (Lipinski definition) is 2. The standard InChI is InChI=1S/C19H27NO/c1-4-10-19(11-5-1)12-8-16(21-19)14-18-17-7-3-2-6-15(17)9-13-20-18/h2-3,6-7,16,18,20H,1,4-5,8-14H2. The van der Waals surface area contributed by atoms with Gasteiger partial charge >= 0.3 is 0 Å². The van der Waals surface area contributed by atoms with Gasteiger partial charge in [-0.1, -0.05) is 43.5 Å². The fraction of sp³-hybridized carbons (Fsp3) is 0.684. The number of fused-ring (bicyclic) bond motifs is 1. The van der Waals surface area contributed by atoms with E-state index < -0.39 is 0 Å². The summed E-state index contributed by atoms with van der Waals surface area (Å²) in [6, 6.07) is 9.44. The van der Waals surface area contributed by atoms with Crippen LogP contribution in [0.3, 0.4) is 0 Å². The minimum Gasteiger partial charge on any atom is -0.372 e. The molecule has 4 rings (SSSR count). The van der Waals surface area contributed by atoms with Gasteiger partial charge in [0.1, 0.15) is 0 Å². The third kappa shape index (κ3) is 2.76. The lowest BCUT2D eigenvalue weighted by Crippen LogP contribution is -2.35. The Morgan fingerprint density at radius 3 is 2.86 bits per heavy atom. The first kappa shape index (κ1) is 13.8. The first-order valence-electron chi connectivity index (χ1n) is 8.84. The monoisotopic (exact) mass is 285 g/mol. The maximum absolute atomic E-state index is 6.57. The Morgan fingerprint density at radius 2 is 1.95 bits per heavy atom. The fourth-order valence-corrected chi connectivity index (χ4v) is 4.69. The predicted octanol–water partition coefficient (Wildman–Crippen LogP) is 4.15. The van der Waals surface area contributed by atoms with Crippen LogP contribution in [0, 0.1) is 0 Å². The summed E-state index contributed by atoms with van der Waals surface area (Å²) in [5.74, 6) is 0. The van der Waals surface area contributed by atoms with E-state index in [1.165, 1.54) is 62.5 Å². The molecule has 114 valence electrons. The molecule has 2 nitrogen and oxygen atoms in total. The smallest absolute Gasteiger partial charge is 0.0687 e. The number of hydrogen-bond donors (Lipinski definition) is 1. The van der Waals surface area contributed by atoms with Gasteiger partial charge in [0, 0.05) is 6.04 Å². The Balaban J connectivity index is 1.43. The van der Waals surface area contributed by atoms with Gasteiger partial charge in [-0.3, -0.25) is 0 Å². The van der Waals surface area contributed by atoms with Crippen LogP contribution in [0.25, 0.3) is 0 Å².